The Morgan fingerprint density at radius 1 is 0.618 bits per heavy atom. The third-order valence-corrected chi connectivity index (χ3v) is 6.61. The highest BCUT2D eigenvalue weighted by atomic mass is 14.8. The van der Waals surface area contributed by atoms with E-state index in [0.29, 0.717) is 0 Å². The fourth-order valence-corrected chi connectivity index (χ4v) is 4.41. The van der Waals surface area contributed by atoms with E-state index in [9.17, 15) is 0 Å². The molecule has 0 saturated heterocycles. The molecule has 2 heteroatoms. The van der Waals surface area contributed by atoms with Crippen LogP contribution in [0.15, 0.2) is 78.9 Å². The lowest BCUT2D eigenvalue weighted by atomic mass is 9.85. The van der Waals surface area contributed by atoms with Gasteiger partial charge in [0, 0.05) is 25.2 Å². The van der Waals surface area contributed by atoms with E-state index in [4.69, 9.17) is 9.98 Å². The summed E-state index contributed by atoms with van der Waals surface area (Å²) in [4.78, 5) is 9.44. The van der Waals surface area contributed by atoms with E-state index in [1.54, 1.807) is 0 Å². The maximum Gasteiger partial charge on any atom is 0.0903 e. The number of hydrogen-bond acceptors (Lipinski definition) is 2. The van der Waals surface area contributed by atoms with Crippen LogP contribution in [0, 0.1) is 0 Å². The van der Waals surface area contributed by atoms with Gasteiger partial charge in [-0.05, 0) is 89.5 Å². The van der Waals surface area contributed by atoms with Gasteiger partial charge in [-0.2, -0.15) is 0 Å². The van der Waals surface area contributed by atoms with Crippen LogP contribution in [0.3, 0.4) is 0 Å². The molecule has 2 nitrogen and oxygen atoms in total. The van der Waals surface area contributed by atoms with Crippen molar-refractivity contribution in [2.24, 2.45) is 9.98 Å². The Morgan fingerprint density at radius 2 is 0.971 bits per heavy atom. The average molecular weight is 463 g/mol. The summed E-state index contributed by atoms with van der Waals surface area (Å²) in [5.74, 6) is 0. The highest BCUT2D eigenvalue weighted by Gasteiger charge is 2.23. The van der Waals surface area contributed by atoms with Gasteiger partial charge in [0.2, 0.25) is 0 Å². The van der Waals surface area contributed by atoms with E-state index in [1.807, 2.05) is 14.1 Å². The average Bonchev–Trinajstić information content (AvgIpc) is 2.81. The Labute approximate surface area is 211 Å². The molecule has 0 unspecified atom stereocenters. The van der Waals surface area contributed by atoms with Gasteiger partial charge in [-0.15, -0.1) is 0 Å². The van der Waals surface area contributed by atoms with Crippen LogP contribution in [-0.4, -0.2) is 25.5 Å². The monoisotopic (exact) mass is 462 g/mol. The summed E-state index contributed by atoms with van der Waals surface area (Å²) in [5, 5.41) is 0. The van der Waals surface area contributed by atoms with Gasteiger partial charge in [-0.3, -0.25) is 9.98 Å². The van der Waals surface area contributed by atoms with Gasteiger partial charge in [0.05, 0.1) is 11.4 Å². The highest BCUT2D eigenvalue weighted by molar-refractivity contribution is 6.56. The third-order valence-electron chi connectivity index (χ3n) is 6.61. The van der Waals surface area contributed by atoms with Crippen molar-refractivity contribution >= 4 is 11.4 Å². The van der Waals surface area contributed by atoms with E-state index in [1.165, 1.54) is 83.1 Å². The Balaban J connectivity index is 3.40. The standard InChI is InChI=1S/C32H50N2/c1-11-13-15-17-27(23(3)4)21-25(7)29-19-20-30(32(34-10)31(29)33-9)26(8)22-28(24(5)6)18-16-14-12-2/h19-22H,11-18H2,1-10H3/b25-21+,26-22+,33-31?,34-32?. The fraction of sp³-hybridized carbons (Fsp3) is 0.562. The lowest BCUT2D eigenvalue weighted by Gasteiger charge is -2.21. The minimum absolute atomic E-state index is 0.993. The van der Waals surface area contributed by atoms with Crippen LogP contribution in [0.1, 0.15) is 107 Å². The topological polar surface area (TPSA) is 24.7 Å². The van der Waals surface area contributed by atoms with Crippen LogP contribution in [0.25, 0.3) is 0 Å². The second kappa shape index (κ2) is 15.6. The molecule has 188 valence electrons. The van der Waals surface area contributed by atoms with Gasteiger partial charge in [0.15, 0.2) is 0 Å². The van der Waals surface area contributed by atoms with Crippen molar-refractivity contribution in [3.8, 4) is 0 Å². The molecule has 0 aromatic heterocycles. The van der Waals surface area contributed by atoms with Gasteiger partial charge in [-0.1, -0.05) is 75.0 Å². The number of rotatable bonds is 12. The van der Waals surface area contributed by atoms with E-state index in [0.717, 1.165) is 24.3 Å². The molecular formula is C32H50N2. The molecule has 1 aliphatic rings. The highest BCUT2D eigenvalue weighted by Crippen LogP contribution is 2.28. The molecule has 1 rings (SSSR count). The summed E-state index contributed by atoms with van der Waals surface area (Å²) in [7, 11) is 3.78. The maximum absolute atomic E-state index is 4.72. The Bertz CT molecular complexity index is 853. The molecule has 0 fully saturated rings. The largest absolute Gasteiger partial charge is 0.286 e. The molecule has 0 atom stereocenters. The Morgan fingerprint density at radius 3 is 1.24 bits per heavy atom. The summed E-state index contributed by atoms with van der Waals surface area (Å²) in [6.07, 6.45) is 19.0. The molecule has 0 spiro atoms. The molecule has 34 heavy (non-hydrogen) atoms. The Kier molecular flexibility index (Phi) is 13.7. The second-order valence-electron chi connectivity index (χ2n) is 9.92. The number of aliphatic imine (C=N–C) groups is 2. The number of hydrogen-bond donors (Lipinski definition) is 0. The van der Waals surface area contributed by atoms with Crippen molar-refractivity contribution in [1.82, 2.24) is 0 Å². The zero-order valence-electron chi connectivity index (χ0n) is 23.9. The number of nitrogens with zero attached hydrogens (tertiary/aromatic N) is 2. The van der Waals surface area contributed by atoms with Gasteiger partial charge in [-0.25, -0.2) is 0 Å². The van der Waals surface area contributed by atoms with Gasteiger partial charge in [0.1, 0.15) is 0 Å². The third kappa shape index (κ3) is 8.85. The minimum Gasteiger partial charge on any atom is -0.286 e. The minimum atomic E-state index is 0.993. The zero-order chi connectivity index (χ0) is 25.7. The molecule has 0 heterocycles. The van der Waals surface area contributed by atoms with Crippen molar-refractivity contribution in [3.63, 3.8) is 0 Å². The van der Waals surface area contributed by atoms with E-state index >= 15 is 0 Å². The first kappa shape index (κ1) is 29.8. The number of allylic oxidation sites excluding steroid dienone is 12. The normalized spacial score (nSPS) is 17.1. The van der Waals surface area contributed by atoms with Crippen LogP contribution < -0.4 is 0 Å². The van der Waals surface area contributed by atoms with Crippen molar-refractivity contribution in [1.29, 1.82) is 0 Å². The predicted molar refractivity (Wildman–Crippen MR) is 155 cm³/mol. The SMILES string of the molecule is CCCCCC(/C=C(\C)C1=CC=C(/C(C)=C/C(CCCCC)=C(C)C)C(=NC)C1=NC)=C(C)C. The maximum atomic E-state index is 4.72. The molecular weight excluding hydrogens is 412 g/mol. The lowest BCUT2D eigenvalue weighted by molar-refractivity contribution is 0.716. The number of unbranched alkanes of at least 4 members (excludes halogenated alkanes) is 4. The first-order valence-corrected chi connectivity index (χ1v) is 13.3. The molecule has 0 N–H and O–H groups in total. The second-order valence-corrected chi connectivity index (χ2v) is 9.92. The van der Waals surface area contributed by atoms with Crippen LogP contribution >= 0.6 is 0 Å². The fourth-order valence-electron chi connectivity index (χ4n) is 4.41. The lowest BCUT2D eigenvalue weighted by Crippen LogP contribution is -2.23. The van der Waals surface area contributed by atoms with Crippen molar-refractivity contribution in [2.45, 2.75) is 107 Å². The molecule has 0 radical (unpaired) electrons. The van der Waals surface area contributed by atoms with Gasteiger partial charge >= 0.3 is 0 Å². The predicted octanol–water partition coefficient (Wildman–Crippen LogP) is 9.72. The van der Waals surface area contributed by atoms with Gasteiger partial charge in [0.25, 0.3) is 0 Å². The molecule has 0 aromatic carbocycles. The zero-order valence-corrected chi connectivity index (χ0v) is 23.9. The van der Waals surface area contributed by atoms with Crippen molar-refractivity contribution in [2.75, 3.05) is 14.1 Å². The van der Waals surface area contributed by atoms with E-state index in [-0.39, 0.29) is 0 Å². The van der Waals surface area contributed by atoms with Crippen LogP contribution in [0.2, 0.25) is 0 Å². The summed E-state index contributed by atoms with van der Waals surface area (Å²) in [6.45, 7) is 17.8. The molecule has 0 amide bonds. The summed E-state index contributed by atoms with van der Waals surface area (Å²) < 4.78 is 0. The molecule has 0 saturated carbocycles. The quantitative estimate of drug-likeness (QED) is 0.157. The molecule has 0 aromatic rings. The van der Waals surface area contributed by atoms with Crippen LogP contribution in [0.4, 0.5) is 0 Å². The van der Waals surface area contributed by atoms with Crippen LogP contribution in [-0.2, 0) is 0 Å². The summed E-state index contributed by atoms with van der Waals surface area (Å²) in [6, 6.07) is 0. The first-order chi connectivity index (χ1) is 16.2. The summed E-state index contributed by atoms with van der Waals surface area (Å²) >= 11 is 0. The molecule has 0 bridgehead atoms. The Hall–Kier alpha value is -2.22. The van der Waals surface area contributed by atoms with Crippen LogP contribution in [0.5, 0.6) is 0 Å². The van der Waals surface area contributed by atoms with Crippen molar-refractivity contribution in [3.05, 3.63) is 68.9 Å². The van der Waals surface area contributed by atoms with Gasteiger partial charge < -0.3 is 0 Å². The molecule has 1 aliphatic carbocycles. The van der Waals surface area contributed by atoms with E-state index < -0.39 is 0 Å². The first-order valence-electron chi connectivity index (χ1n) is 13.3. The van der Waals surface area contributed by atoms with Crippen molar-refractivity contribution < 1.29 is 0 Å². The summed E-state index contributed by atoms with van der Waals surface area (Å²) in [5.41, 5.74) is 12.6. The van der Waals surface area contributed by atoms with E-state index in [2.05, 4.69) is 79.7 Å². The molecule has 0 aliphatic heterocycles. The smallest absolute Gasteiger partial charge is 0.0903 e.